The van der Waals surface area contributed by atoms with Crippen LogP contribution in [0, 0.1) is 11.8 Å². The van der Waals surface area contributed by atoms with Gasteiger partial charge in [-0.25, -0.2) is 4.98 Å². The van der Waals surface area contributed by atoms with E-state index in [-0.39, 0.29) is 0 Å². The highest BCUT2D eigenvalue weighted by Gasteiger charge is 2.19. The van der Waals surface area contributed by atoms with E-state index in [1.165, 1.54) is 32.5 Å². The topological polar surface area (TPSA) is 33.1 Å². The molecule has 0 saturated carbocycles. The van der Waals surface area contributed by atoms with Gasteiger partial charge in [-0.15, -0.1) is 0 Å². The molecule has 4 nitrogen and oxygen atoms in total. The van der Waals surface area contributed by atoms with E-state index in [0.29, 0.717) is 5.92 Å². The molecule has 1 aromatic heterocycles. The Morgan fingerprint density at radius 1 is 1.37 bits per heavy atom. The average molecular weight is 264 g/mol. The molecular formula is C15H28N4. The van der Waals surface area contributed by atoms with E-state index in [9.17, 15) is 0 Å². The molecule has 1 N–H and O–H groups in total. The summed E-state index contributed by atoms with van der Waals surface area (Å²) in [4.78, 5) is 6.97. The first-order valence-electron chi connectivity index (χ1n) is 7.66. The smallest absolute Gasteiger partial charge is 0.202 e. The molecule has 1 aliphatic rings. The SMILES string of the molecule is CCN1CCC(Cn2ccnc2NCC(C)C)CC1. The number of hydrogen-bond donors (Lipinski definition) is 1. The molecule has 19 heavy (non-hydrogen) atoms. The molecule has 1 aromatic rings. The van der Waals surface area contributed by atoms with Gasteiger partial charge in [0, 0.05) is 25.5 Å². The largest absolute Gasteiger partial charge is 0.355 e. The number of anilines is 1. The minimum absolute atomic E-state index is 0.651. The Morgan fingerprint density at radius 3 is 2.74 bits per heavy atom. The maximum atomic E-state index is 4.43. The third-order valence-electron chi connectivity index (χ3n) is 3.99. The van der Waals surface area contributed by atoms with Crippen molar-refractivity contribution in [3.63, 3.8) is 0 Å². The Morgan fingerprint density at radius 2 is 2.11 bits per heavy atom. The monoisotopic (exact) mass is 264 g/mol. The lowest BCUT2D eigenvalue weighted by molar-refractivity contribution is 0.181. The number of likely N-dealkylation sites (tertiary alicyclic amines) is 1. The van der Waals surface area contributed by atoms with Crippen LogP contribution >= 0.6 is 0 Å². The lowest BCUT2D eigenvalue weighted by atomic mass is 9.97. The molecule has 0 unspecified atom stereocenters. The zero-order chi connectivity index (χ0) is 13.7. The van der Waals surface area contributed by atoms with Gasteiger partial charge in [-0.1, -0.05) is 20.8 Å². The highest BCUT2D eigenvalue weighted by Crippen LogP contribution is 2.20. The molecule has 0 spiro atoms. The van der Waals surface area contributed by atoms with Gasteiger partial charge in [-0.2, -0.15) is 0 Å². The van der Waals surface area contributed by atoms with Crippen LogP contribution in [-0.2, 0) is 6.54 Å². The van der Waals surface area contributed by atoms with Crippen LogP contribution in [0.1, 0.15) is 33.6 Å². The molecule has 2 heterocycles. The van der Waals surface area contributed by atoms with Gasteiger partial charge in [0.1, 0.15) is 0 Å². The van der Waals surface area contributed by atoms with Gasteiger partial charge in [0.2, 0.25) is 5.95 Å². The third-order valence-corrected chi connectivity index (χ3v) is 3.99. The van der Waals surface area contributed by atoms with E-state index in [4.69, 9.17) is 0 Å². The molecule has 0 bridgehead atoms. The van der Waals surface area contributed by atoms with Crippen molar-refractivity contribution < 1.29 is 0 Å². The van der Waals surface area contributed by atoms with Gasteiger partial charge in [0.05, 0.1) is 0 Å². The summed E-state index contributed by atoms with van der Waals surface area (Å²) >= 11 is 0. The van der Waals surface area contributed by atoms with E-state index in [1.807, 2.05) is 6.20 Å². The van der Waals surface area contributed by atoms with Crippen LogP contribution < -0.4 is 5.32 Å². The number of piperidine rings is 1. The fourth-order valence-corrected chi connectivity index (χ4v) is 2.68. The zero-order valence-electron chi connectivity index (χ0n) is 12.6. The number of nitrogens with zero attached hydrogens (tertiary/aromatic N) is 3. The minimum Gasteiger partial charge on any atom is -0.355 e. The summed E-state index contributed by atoms with van der Waals surface area (Å²) < 4.78 is 2.29. The summed E-state index contributed by atoms with van der Waals surface area (Å²) in [6, 6.07) is 0. The standard InChI is InChI=1S/C15H28N4/c1-4-18-8-5-14(6-9-18)12-19-10-7-16-15(19)17-11-13(2)3/h7,10,13-14H,4-6,8-9,11-12H2,1-3H3,(H,16,17). The highest BCUT2D eigenvalue weighted by molar-refractivity contribution is 5.25. The van der Waals surface area contributed by atoms with Crippen LogP contribution in [-0.4, -0.2) is 40.6 Å². The second-order valence-corrected chi connectivity index (χ2v) is 6.06. The number of nitrogens with one attached hydrogen (secondary N) is 1. The summed E-state index contributed by atoms with van der Waals surface area (Å²) in [5.74, 6) is 2.49. The van der Waals surface area contributed by atoms with Crippen molar-refractivity contribution in [1.82, 2.24) is 14.5 Å². The average Bonchev–Trinajstić information content (AvgIpc) is 2.84. The number of aromatic nitrogens is 2. The predicted molar refractivity (Wildman–Crippen MR) is 80.4 cm³/mol. The van der Waals surface area contributed by atoms with E-state index in [1.54, 1.807) is 0 Å². The van der Waals surface area contributed by atoms with Gasteiger partial charge in [-0.3, -0.25) is 0 Å². The van der Waals surface area contributed by atoms with Crippen molar-refractivity contribution in [1.29, 1.82) is 0 Å². The van der Waals surface area contributed by atoms with Crippen LogP contribution in [0.3, 0.4) is 0 Å². The molecule has 0 amide bonds. The molecule has 1 aliphatic heterocycles. The first-order valence-corrected chi connectivity index (χ1v) is 7.66. The number of imidazole rings is 1. The lowest BCUT2D eigenvalue weighted by Crippen LogP contribution is -2.34. The van der Waals surface area contributed by atoms with Gasteiger partial charge in [0.25, 0.3) is 0 Å². The van der Waals surface area contributed by atoms with Gasteiger partial charge < -0.3 is 14.8 Å². The van der Waals surface area contributed by atoms with Crippen molar-refractivity contribution in [2.45, 2.75) is 40.2 Å². The molecule has 1 saturated heterocycles. The first kappa shape index (κ1) is 14.4. The molecule has 4 heteroatoms. The Labute approximate surface area is 117 Å². The third kappa shape index (κ3) is 4.23. The summed E-state index contributed by atoms with van der Waals surface area (Å²) in [7, 11) is 0. The van der Waals surface area contributed by atoms with Gasteiger partial charge in [-0.05, 0) is 44.3 Å². The minimum atomic E-state index is 0.651. The summed E-state index contributed by atoms with van der Waals surface area (Å²) in [6.07, 6.45) is 6.64. The van der Waals surface area contributed by atoms with Crippen LogP contribution in [0.2, 0.25) is 0 Å². The Bertz CT molecular complexity index is 364. The summed E-state index contributed by atoms with van der Waals surface area (Å²) in [6.45, 7) is 12.5. The predicted octanol–water partition coefficient (Wildman–Crippen LogP) is 2.68. The highest BCUT2D eigenvalue weighted by atomic mass is 15.2. The van der Waals surface area contributed by atoms with E-state index >= 15 is 0 Å². The Kier molecular flexibility index (Phi) is 5.25. The first-order chi connectivity index (χ1) is 9.19. The Balaban J connectivity index is 1.84. The molecule has 0 aromatic carbocycles. The van der Waals surface area contributed by atoms with E-state index in [2.05, 4.69) is 46.7 Å². The van der Waals surface area contributed by atoms with Crippen molar-refractivity contribution in [3.8, 4) is 0 Å². The molecule has 108 valence electrons. The van der Waals surface area contributed by atoms with Crippen LogP contribution in [0.4, 0.5) is 5.95 Å². The second kappa shape index (κ2) is 6.94. The zero-order valence-corrected chi connectivity index (χ0v) is 12.6. The second-order valence-electron chi connectivity index (χ2n) is 6.06. The van der Waals surface area contributed by atoms with Crippen LogP contribution in [0.25, 0.3) is 0 Å². The van der Waals surface area contributed by atoms with Crippen LogP contribution in [0.15, 0.2) is 12.4 Å². The quantitative estimate of drug-likeness (QED) is 0.857. The molecule has 0 atom stereocenters. The van der Waals surface area contributed by atoms with Crippen molar-refractivity contribution in [2.75, 3.05) is 31.5 Å². The fourth-order valence-electron chi connectivity index (χ4n) is 2.68. The number of rotatable bonds is 6. The van der Waals surface area contributed by atoms with Gasteiger partial charge >= 0.3 is 0 Å². The van der Waals surface area contributed by atoms with E-state index in [0.717, 1.165) is 25.0 Å². The molecule has 0 aliphatic carbocycles. The molecule has 0 radical (unpaired) electrons. The van der Waals surface area contributed by atoms with Crippen molar-refractivity contribution >= 4 is 5.95 Å². The summed E-state index contributed by atoms with van der Waals surface area (Å²) in [5, 5.41) is 3.44. The summed E-state index contributed by atoms with van der Waals surface area (Å²) in [5.41, 5.74) is 0. The van der Waals surface area contributed by atoms with Gasteiger partial charge in [0.15, 0.2) is 0 Å². The molecule has 1 fully saturated rings. The fraction of sp³-hybridized carbons (Fsp3) is 0.800. The maximum Gasteiger partial charge on any atom is 0.202 e. The Hall–Kier alpha value is -1.03. The maximum absolute atomic E-state index is 4.43. The molecule has 2 rings (SSSR count). The van der Waals surface area contributed by atoms with E-state index < -0.39 is 0 Å². The lowest BCUT2D eigenvalue weighted by Gasteiger charge is -2.31. The van der Waals surface area contributed by atoms with Crippen molar-refractivity contribution in [3.05, 3.63) is 12.4 Å². The number of hydrogen-bond acceptors (Lipinski definition) is 3. The van der Waals surface area contributed by atoms with Crippen LogP contribution in [0.5, 0.6) is 0 Å². The normalized spacial score (nSPS) is 18.1. The molecular weight excluding hydrogens is 236 g/mol. The van der Waals surface area contributed by atoms with Crippen molar-refractivity contribution in [2.24, 2.45) is 11.8 Å².